The van der Waals surface area contributed by atoms with Gasteiger partial charge in [0.2, 0.25) is 0 Å². The maximum absolute atomic E-state index is 12.5. The first kappa shape index (κ1) is 19.0. The molecule has 0 aromatic heterocycles. The van der Waals surface area contributed by atoms with Crippen molar-refractivity contribution < 1.29 is 19.1 Å². The molecule has 0 radical (unpaired) electrons. The number of aryl methyl sites for hydroxylation is 2. The first-order valence-electron chi connectivity index (χ1n) is 8.60. The van der Waals surface area contributed by atoms with E-state index in [1.165, 1.54) is 6.07 Å². The fraction of sp³-hybridized carbons (Fsp3) is 0.0909. The van der Waals surface area contributed by atoms with Crippen LogP contribution in [0.4, 0.5) is 11.4 Å². The molecule has 0 aliphatic heterocycles. The first-order valence-corrected chi connectivity index (χ1v) is 8.60. The van der Waals surface area contributed by atoms with Gasteiger partial charge < -0.3 is 20.9 Å². The van der Waals surface area contributed by atoms with Crippen molar-refractivity contribution in [2.24, 2.45) is 0 Å². The lowest BCUT2D eigenvalue weighted by molar-refractivity contribution is 0.0733. The summed E-state index contributed by atoms with van der Waals surface area (Å²) in [4.78, 5) is 24.9. The highest BCUT2D eigenvalue weighted by molar-refractivity contribution is 5.97. The van der Waals surface area contributed by atoms with Crippen LogP contribution in [0.1, 0.15) is 31.8 Å². The Morgan fingerprint density at radius 3 is 1.50 bits per heavy atom. The summed E-state index contributed by atoms with van der Waals surface area (Å²) in [5.74, 6) is -0.341. The molecule has 0 saturated heterocycles. The summed E-state index contributed by atoms with van der Waals surface area (Å²) < 4.78 is 10.8. The Balaban J connectivity index is 1.77. The van der Waals surface area contributed by atoms with Crippen LogP contribution in [0.3, 0.4) is 0 Å². The Bertz CT molecular complexity index is 979. The van der Waals surface area contributed by atoms with Crippen molar-refractivity contribution in [1.82, 2.24) is 0 Å². The number of rotatable bonds is 4. The van der Waals surface area contributed by atoms with Gasteiger partial charge in [0.25, 0.3) is 0 Å². The largest absolute Gasteiger partial charge is 0.423 e. The minimum Gasteiger partial charge on any atom is -0.423 e. The van der Waals surface area contributed by atoms with Gasteiger partial charge in [-0.3, -0.25) is 0 Å². The molecular formula is C22H20N2O4. The Hall–Kier alpha value is -3.80. The van der Waals surface area contributed by atoms with E-state index in [1.807, 2.05) is 0 Å². The maximum atomic E-state index is 12.5. The molecule has 142 valence electrons. The van der Waals surface area contributed by atoms with Gasteiger partial charge in [0.15, 0.2) is 0 Å². The second-order valence-electron chi connectivity index (χ2n) is 6.41. The summed E-state index contributed by atoms with van der Waals surface area (Å²) in [6, 6.07) is 16.2. The number of nitrogen functional groups attached to an aromatic ring is 2. The number of ether oxygens (including phenoxy) is 2. The van der Waals surface area contributed by atoms with Gasteiger partial charge in [-0.1, -0.05) is 6.07 Å². The van der Waals surface area contributed by atoms with Crippen LogP contribution in [0.25, 0.3) is 0 Å². The predicted octanol–water partition coefficient (Wildman–Crippen LogP) is 3.91. The van der Waals surface area contributed by atoms with Crippen LogP contribution in [0.2, 0.25) is 0 Å². The fourth-order valence-corrected chi connectivity index (χ4v) is 2.66. The Morgan fingerprint density at radius 2 is 1.11 bits per heavy atom. The molecule has 0 heterocycles. The lowest BCUT2D eigenvalue weighted by Crippen LogP contribution is -2.13. The molecule has 4 N–H and O–H groups in total. The summed E-state index contributed by atoms with van der Waals surface area (Å²) in [6.45, 7) is 3.59. The molecule has 0 saturated carbocycles. The van der Waals surface area contributed by atoms with Crippen molar-refractivity contribution in [1.29, 1.82) is 0 Å². The number of hydrogen-bond acceptors (Lipinski definition) is 6. The number of esters is 2. The molecule has 0 amide bonds. The second kappa shape index (κ2) is 7.84. The van der Waals surface area contributed by atoms with Crippen LogP contribution in [-0.2, 0) is 0 Å². The van der Waals surface area contributed by atoms with Gasteiger partial charge in [0.1, 0.15) is 11.5 Å². The van der Waals surface area contributed by atoms with E-state index in [0.29, 0.717) is 22.9 Å². The van der Waals surface area contributed by atoms with E-state index in [0.717, 1.165) is 11.1 Å². The van der Waals surface area contributed by atoms with E-state index < -0.39 is 11.9 Å². The molecule has 0 atom stereocenters. The standard InChI is InChI=1S/C22H20N2O4/c1-13-10-17(23)6-8-19(13)27-21(25)15-4-3-5-16(12-15)22(26)28-20-9-7-18(24)11-14(20)2/h3-12H,23-24H2,1-2H3. The van der Waals surface area contributed by atoms with E-state index in [1.54, 1.807) is 68.4 Å². The lowest BCUT2D eigenvalue weighted by atomic mass is 10.1. The van der Waals surface area contributed by atoms with E-state index in [4.69, 9.17) is 20.9 Å². The lowest BCUT2D eigenvalue weighted by Gasteiger charge is -2.10. The molecular weight excluding hydrogens is 356 g/mol. The van der Waals surface area contributed by atoms with E-state index in [-0.39, 0.29) is 11.1 Å². The predicted molar refractivity (Wildman–Crippen MR) is 108 cm³/mol. The average Bonchev–Trinajstić information content (AvgIpc) is 2.66. The third-order valence-corrected chi connectivity index (χ3v) is 4.14. The van der Waals surface area contributed by atoms with Crippen molar-refractivity contribution in [2.45, 2.75) is 13.8 Å². The zero-order valence-corrected chi connectivity index (χ0v) is 15.6. The number of nitrogens with two attached hydrogens (primary N) is 2. The highest BCUT2D eigenvalue weighted by Gasteiger charge is 2.15. The molecule has 0 bridgehead atoms. The molecule has 0 fully saturated rings. The normalized spacial score (nSPS) is 10.4. The van der Waals surface area contributed by atoms with E-state index >= 15 is 0 Å². The van der Waals surface area contributed by atoms with Crippen LogP contribution in [0.5, 0.6) is 11.5 Å². The molecule has 0 aliphatic rings. The van der Waals surface area contributed by atoms with Gasteiger partial charge in [-0.05, 0) is 79.6 Å². The Morgan fingerprint density at radius 1 is 0.679 bits per heavy atom. The zero-order valence-electron chi connectivity index (χ0n) is 15.6. The third-order valence-electron chi connectivity index (χ3n) is 4.14. The highest BCUT2D eigenvalue weighted by Crippen LogP contribution is 2.23. The number of benzene rings is 3. The van der Waals surface area contributed by atoms with Gasteiger partial charge in [-0.15, -0.1) is 0 Å². The van der Waals surface area contributed by atoms with Gasteiger partial charge in [-0.2, -0.15) is 0 Å². The van der Waals surface area contributed by atoms with Crippen molar-refractivity contribution in [3.05, 3.63) is 82.9 Å². The van der Waals surface area contributed by atoms with Crippen molar-refractivity contribution >= 4 is 23.3 Å². The number of anilines is 2. The molecule has 0 spiro atoms. The van der Waals surface area contributed by atoms with Crippen LogP contribution in [-0.4, -0.2) is 11.9 Å². The van der Waals surface area contributed by atoms with Crippen molar-refractivity contribution in [2.75, 3.05) is 11.5 Å². The number of carbonyl (C=O) groups excluding carboxylic acids is 2. The minimum absolute atomic E-state index is 0.236. The third kappa shape index (κ3) is 4.29. The molecule has 6 heteroatoms. The molecule has 0 unspecified atom stereocenters. The van der Waals surface area contributed by atoms with Gasteiger partial charge in [0.05, 0.1) is 11.1 Å². The van der Waals surface area contributed by atoms with Gasteiger partial charge >= 0.3 is 11.9 Å². The van der Waals surface area contributed by atoms with Crippen LogP contribution in [0.15, 0.2) is 60.7 Å². The summed E-state index contributed by atoms with van der Waals surface area (Å²) in [6.07, 6.45) is 0. The highest BCUT2D eigenvalue weighted by atomic mass is 16.5. The molecule has 3 aromatic rings. The minimum atomic E-state index is -0.578. The average molecular weight is 376 g/mol. The van der Waals surface area contributed by atoms with E-state index in [2.05, 4.69) is 0 Å². The van der Waals surface area contributed by atoms with Crippen LogP contribution in [0, 0.1) is 13.8 Å². The summed E-state index contributed by atoms with van der Waals surface area (Å²) in [5, 5.41) is 0. The second-order valence-corrected chi connectivity index (χ2v) is 6.41. The molecule has 6 nitrogen and oxygen atoms in total. The zero-order chi connectivity index (χ0) is 20.3. The topological polar surface area (TPSA) is 105 Å². The van der Waals surface area contributed by atoms with Crippen molar-refractivity contribution in [3.63, 3.8) is 0 Å². The molecule has 3 aromatic carbocycles. The summed E-state index contributed by atoms with van der Waals surface area (Å²) >= 11 is 0. The SMILES string of the molecule is Cc1cc(N)ccc1OC(=O)c1cccc(C(=O)Oc2ccc(N)cc2C)c1. The molecule has 0 aliphatic carbocycles. The van der Waals surface area contributed by atoms with E-state index in [9.17, 15) is 9.59 Å². The number of hydrogen-bond donors (Lipinski definition) is 2. The Kier molecular flexibility index (Phi) is 5.31. The van der Waals surface area contributed by atoms with Gasteiger partial charge in [0, 0.05) is 11.4 Å². The van der Waals surface area contributed by atoms with Crippen LogP contribution < -0.4 is 20.9 Å². The summed E-state index contributed by atoms with van der Waals surface area (Å²) in [7, 11) is 0. The fourth-order valence-electron chi connectivity index (χ4n) is 2.66. The summed E-state index contributed by atoms with van der Waals surface area (Å²) in [5.41, 5.74) is 14.5. The van der Waals surface area contributed by atoms with Crippen molar-refractivity contribution in [3.8, 4) is 11.5 Å². The smallest absolute Gasteiger partial charge is 0.343 e. The van der Waals surface area contributed by atoms with Crippen LogP contribution >= 0.6 is 0 Å². The number of carbonyl (C=O) groups is 2. The molecule has 28 heavy (non-hydrogen) atoms. The monoisotopic (exact) mass is 376 g/mol. The molecule has 3 rings (SSSR count). The quantitative estimate of drug-likeness (QED) is 0.406. The Labute approximate surface area is 162 Å². The first-order chi connectivity index (χ1) is 13.3. The van der Waals surface area contributed by atoms with Gasteiger partial charge in [-0.25, -0.2) is 9.59 Å². The maximum Gasteiger partial charge on any atom is 0.343 e.